The minimum atomic E-state index is -1.82. The number of carbonyl (C=O) groups is 3. The quantitative estimate of drug-likeness (QED) is 0.0686. The molecule has 11 nitrogen and oxygen atoms in total. The molecule has 13 heteroatoms. The summed E-state index contributed by atoms with van der Waals surface area (Å²) in [4.78, 5) is 45.6. The van der Waals surface area contributed by atoms with E-state index >= 15 is 0 Å². The minimum absolute atomic E-state index is 0.0136. The van der Waals surface area contributed by atoms with Crippen LogP contribution in [0.15, 0.2) is 18.2 Å². The van der Waals surface area contributed by atoms with Gasteiger partial charge in [0.15, 0.2) is 6.29 Å². The monoisotopic (exact) mass is 575 g/mol. The summed E-state index contributed by atoms with van der Waals surface area (Å²) in [6.45, 7) is 0.482. The lowest BCUT2D eigenvalue weighted by molar-refractivity contribution is -0.142. The van der Waals surface area contributed by atoms with Crippen LogP contribution in [0.25, 0.3) is 0 Å². The van der Waals surface area contributed by atoms with E-state index in [0.717, 1.165) is 57.8 Å². The van der Waals surface area contributed by atoms with E-state index in [1.54, 1.807) is 6.29 Å². The highest BCUT2D eigenvalue weighted by atomic mass is 16.4. The maximum Gasteiger partial charge on any atom is 0.488 e. The molecular weight excluding hydrogens is 530 g/mol. The van der Waals surface area contributed by atoms with Gasteiger partial charge in [-0.1, -0.05) is 76.7 Å². The first-order valence-electron chi connectivity index (χ1n) is 14.7. The van der Waals surface area contributed by atoms with Crippen molar-refractivity contribution < 1.29 is 44.4 Å². The average molecular weight is 575 g/mol. The van der Waals surface area contributed by atoms with Gasteiger partial charge in [-0.25, -0.2) is 4.79 Å². The normalized spacial score (nSPS) is 11.5. The Balaban J connectivity index is 1.99. The molecule has 0 bridgehead atoms. The number of rotatable bonds is 24. The molecule has 0 aliphatic heterocycles. The van der Waals surface area contributed by atoms with Crippen molar-refractivity contribution in [2.24, 2.45) is 0 Å². The molecule has 0 aromatic heterocycles. The summed E-state index contributed by atoms with van der Waals surface area (Å²) in [6, 6.07) is 2.82. The van der Waals surface area contributed by atoms with E-state index in [-0.39, 0.29) is 35.2 Å². The highest BCUT2D eigenvalue weighted by Crippen LogP contribution is 2.13. The molecule has 0 spiro atoms. The lowest BCUT2D eigenvalue weighted by Gasteiger charge is -2.12. The van der Waals surface area contributed by atoms with Crippen molar-refractivity contribution in [3.63, 3.8) is 0 Å². The number of unbranched alkanes of at least 4 members (excludes halogenated alkanes) is 12. The molecule has 2 amide bonds. The summed E-state index contributed by atoms with van der Waals surface area (Å²) in [7, 11) is -3.64. The summed E-state index contributed by atoms with van der Waals surface area (Å²) in [5.74, 6) is -1.84. The van der Waals surface area contributed by atoms with Crippen LogP contribution in [-0.4, -0.2) is 76.1 Å². The van der Waals surface area contributed by atoms with Crippen LogP contribution in [0.2, 0.25) is 0 Å². The molecule has 0 fully saturated rings. The van der Waals surface area contributed by atoms with Crippen molar-refractivity contribution in [1.29, 1.82) is 0 Å². The second kappa shape index (κ2) is 21.9. The summed E-state index contributed by atoms with van der Waals surface area (Å²) in [5, 5.41) is 51.7. The van der Waals surface area contributed by atoms with Gasteiger partial charge in [0.05, 0.1) is 0 Å². The highest BCUT2D eigenvalue weighted by molar-refractivity contribution is 6.62. The standard InChI is InChI=1S/C28H45B2N2O9/c33-18-14-15-25(28(36)37)32-26(34)16-12-10-8-6-4-2-1-3-5-7-9-11-13-17-31-27(35)22-19-23(29(38)39)21-24(20-22)30(40)41/h19-21,25,38-41H,1-17H2,(H,31,35)(H,32,34)(H,36,37)/t25-/m0/s1. The van der Waals surface area contributed by atoms with Crippen LogP contribution < -0.4 is 21.6 Å². The van der Waals surface area contributed by atoms with Crippen molar-refractivity contribution in [2.75, 3.05) is 6.54 Å². The van der Waals surface area contributed by atoms with Gasteiger partial charge in [0.25, 0.3) is 5.91 Å². The molecule has 0 saturated heterocycles. The molecule has 227 valence electrons. The predicted octanol–water partition coefficient (Wildman–Crippen LogP) is 0.697. The van der Waals surface area contributed by atoms with Gasteiger partial charge in [-0.2, -0.15) is 0 Å². The smallest absolute Gasteiger partial charge is 0.480 e. The number of hydrogen-bond acceptors (Lipinski definition) is 8. The second-order valence-corrected chi connectivity index (χ2v) is 10.4. The Labute approximate surface area is 243 Å². The van der Waals surface area contributed by atoms with E-state index in [9.17, 15) is 39.3 Å². The van der Waals surface area contributed by atoms with Crippen molar-refractivity contribution >= 4 is 49.2 Å². The molecule has 1 atom stereocenters. The zero-order valence-corrected chi connectivity index (χ0v) is 23.9. The molecule has 1 radical (unpaired) electrons. The second-order valence-electron chi connectivity index (χ2n) is 10.4. The fourth-order valence-electron chi connectivity index (χ4n) is 4.49. The van der Waals surface area contributed by atoms with Crippen molar-refractivity contribution in [2.45, 2.75) is 109 Å². The first kappa shape index (κ1) is 36.3. The van der Waals surface area contributed by atoms with Crippen molar-refractivity contribution in [3.05, 3.63) is 23.8 Å². The van der Waals surface area contributed by atoms with Gasteiger partial charge in [0.2, 0.25) is 5.91 Å². The number of carboxylic acid groups (broad SMARTS) is 1. The molecule has 7 N–H and O–H groups in total. The molecule has 1 rings (SSSR count). The van der Waals surface area contributed by atoms with Gasteiger partial charge >= 0.3 is 20.2 Å². The van der Waals surface area contributed by atoms with Crippen LogP contribution in [0.5, 0.6) is 0 Å². The lowest BCUT2D eigenvalue weighted by Crippen LogP contribution is -2.40. The molecular formula is C28H45B2N2O9. The molecule has 0 aliphatic carbocycles. The van der Waals surface area contributed by atoms with Crippen molar-refractivity contribution in [3.8, 4) is 0 Å². The van der Waals surface area contributed by atoms with E-state index in [0.29, 0.717) is 13.0 Å². The Morgan fingerprint density at radius 3 is 1.63 bits per heavy atom. The lowest BCUT2D eigenvalue weighted by atomic mass is 9.72. The van der Waals surface area contributed by atoms with Crippen LogP contribution in [0.1, 0.15) is 113 Å². The third kappa shape index (κ3) is 17.0. The van der Waals surface area contributed by atoms with Crippen LogP contribution in [0.3, 0.4) is 0 Å². The summed E-state index contributed by atoms with van der Waals surface area (Å²) in [6.07, 6.45) is 15.7. The Morgan fingerprint density at radius 2 is 1.20 bits per heavy atom. The number of hydrogen-bond donors (Lipinski definition) is 7. The summed E-state index contributed by atoms with van der Waals surface area (Å²) < 4.78 is 0. The van der Waals surface area contributed by atoms with Crippen LogP contribution >= 0.6 is 0 Å². The molecule has 1 aromatic rings. The predicted molar refractivity (Wildman–Crippen MR) is 158 cm³/mol. The van der Waals surface area contributed by atoms with Crippen molar-refractivity contribution in [1.82, 2.24) is 10.6 Å². The third-order valence-electron chi connectivity index (χ3n) is 6.87. The Hall–Kier alpha value is -2.73. The molecule has 0 aliphatic rings. The van der Waals surface area contributed by atoms with E-state index in [4.69, 9.17) is 5.11 Å². The first-order valence-corrected chi connectivity index (χ1v) is 14.7. The first-order chi connectivity index (χ1) is 19.6. The number of carbonyl (C=O) groups excluding carboxylic acids is 3. The van der Waals surface area contributed by atoms with Crippen LogP contribution in [0, 0.1) is 0 Å². The van der Waals surface area contributed by atoms with E-state index in [1.165, 1.54) is 43.9 Å². The van der Waals surface area contributed by atoms with Gasteiger partial charge in [-0.3, -0.25) is 14.4 Å². The van der Waals surface area contributed by atoms with Gasteiger partial charge in [-0.15, -0.1) is 0 Å². The fraction of sp³-hybridized carbons (Fsp3) is 0.643. The highest BCUT2D eigenvalue weighted by Gasteiger charge is 2.21. The summed E-state index contributed by atoms with van der Waals surface area (Å²) >= 11 is 0. The average Bonchev–Trinajstić information content (AvgIpc) is 2.94. The van der Waals surface area contributed by atoms with Gasteiger partial charge in [0.1, 0.15) is 6.04 Å². The SMILES string of the molecule is O=[C]CC[C@H](NC(=O)CCCCCCCCCCCCCCCNC(=O)c1cc(B(O)O)cc(B(O)O)c1)C(=O)O. The molecule has 41 heavy (non-hydrogen) atoms. The minimum Gasteiger partial charge on any atom is -0.480 e. The number of benzene rings is 1. The summed E-state index contributed by atoms with van der Waals surface area (Å²) in [5.41, 5.74) is 0.165. The fourth-order valence-corrected chi connectivity index (χ4v) is 4.49. The molecule has 1 aromatic carbocycles. The van der Waals surface area contributed by atoms with E-state index in [2.05, 4.69) is 10.6 Å². The Morgan fingerprint density at radius 1 is 0.732 bits per heavy atom. The maximum absolute atomic E-state index is 12.4. The van der Waals surface area contributed by atoms with Crippen LogP contribution in [0.4, 0.5) is 0 Å². The number of nitrogens with one attached hydrogen (secondary N) is 2. The van der Waals surface area contributed by atoms with Gasteiger partial charge in [-0.05, 0) is 42.3 Å². The van der Waals surface area contributed by atoms with Crippen LogP contribution in [-0.2, 0) is 14.4 Å². The van der Waals surface area contributed by atoms with Gasteiger partial charge in [0, 0.05) is 24.9 Å². The number of aliphatic carboxylic acids is 1. The van der Waals surface area contributed by atoms with E-state index < -0.39 is 32.2 Å². The third-order valence-corrected chi connectivity index (χ3v) is 6.87. The zero-order valence-electron chi connectivity index (χ0n) is 23.9. The maximum atomic E-state index is 12.4. The Bertz CT molecular complexity index is 906. The largest absolute Gasteiger partial charge is 0.488 e. The number of amides is 2. The molecule has 0 saturated carbocycles. The molecule has 0 heterocycles. The molecule has 0 unspecified atom stereocenters. The topological polar surface area (TPSA) is 193 Å². The van der Waals surface area contributed by atoms with E-state index in [1.807, 2.05) is 0 Å². The zero-order chi connectivity index (χ0) is 30.5. The number of carboxylic acids is 1. The van der Waals surface area contributed by atoms with Gasteiger partial charge < -0.3 is 35.8 Å². The Kier molecular flexibility index (Phi) is 19.4.